The van der Waals surface area contributed by atoms with Crippen molar-refractivity contribution in [1.29, 1.82) is 0 Å². The minimum Gasteiger partial charge on any atom is -0.479 e. The number of nitrogen functional groups attached to an aromatic ring is 1. The maximum Gasteiger partial charge on any atom is 0.340 e. The van der Waals surface area contributed by atoms with Gasteiger partial charge in [0.05, 0.1) is 18.2 Å². The lowest BCUT2D eigenvalue weighted by Crippen LogP contribution is -2.36. The number of hydrogen-bond donors (Lipinski definition) is 1. The molecule has 1 aliphatic rings. The van der Waals surface area contributed by atoms with Crippen LogP contribution in [-0.2, 0) is 14.2 Å². The number of fused-ring (bicyclic) bond motifs is 1. The molecule has 3 heterocycles. The van der Waals surface area contributed by atoms with Crippen LogP contribution < -0.4 is 10.5 Å². The SMILES string of the molecule is COc1nn([C@@H]2O[C@H](OC(=O)c3ccccc3C)[C@@H](OC(=O)c3ccccc3)[C@@H]2F)c2ncnc(N)c12. The molecule has 11 nitrogen and oxygen atoms in total. The number of ether oxygens (including phenoxy) is 4. The second-order valence-electron chi connectivity index (χ2n) is 8.21. The molecule has 2 aromatic carbocycles. The number of alkyl halides is 1. The van der Waals surface area contributed by atoms with Crippen molar-refractivity contribution in [3.63, 3.8) is 0 Å². The summed E-state index contributed by atoms with van der Waals surface area (Å²) in [5, 5.41) is 4.47. The Kier molecular flexibility index (Phi) is 6.40. The highest BCUT2D eigenvalue weighted by molar-refractivity contribution is 5.92. The van der Waals surface area contributed by atoms with Gasteiger partial charge in [-0.25, -0.2) is 28.6 Å². The Morgan fingerprint density at radius 3 is 2.49 bits per heavy atom. The monoisotopic (exact) mass is 507 g/mol. The molecule has 0 bridgehead atoms. The van der Waals surface area contributed by atoms with Crippen LogP contribution in [0.3, 0.4) is 0 Å². The van der Waals surface area contributed by atoms with Crippen LogP contribution in [0, 0.1) is 6.92 Å². The summed E-state index contributed by atoms with van der Waals surface area (Å²) in [6, 6.07) is 14.8. The van der Waals surface area contributed by atoms with Gasteiger partial charge in [0.2, 0.25) is 12.2 Å². The molecule has 1 saturated heterocycles. The van der Waals surface area contributed by atoms with Gasteiger partial charge in [0.1, 0.15) is 17.5 Å². The molecule has 0 spiro atoms. The predicted octanol–water partition coefficient (Wildman–Crippen LogP) is 3.00. The second-order valence-corrected chi connectivity index (χ2v) is 8.21. The third kappa shape index (κ3) is 4.42. The Balaban J connectivity index is 1.50. The molecule has 2 aromatic heterocycles. The van der Waals surface area contributed by atoms with Gasteiger partial charge in [-0.2, -0.15) is 0 Å². The van der Waals surface area contributed by atoms with Crippen LogP contribution in [0.25, 0.3) is 11.0 Å². The number of aryl methyl sites for hydroxylation is 1. The zero-order valence-electron chi connectivity index (χ0n) is 19.8. The molecule has 37 heavy (non-hydrogen) atoms. The van der Waals surface area contributed by atoms with Crippen LogP contribution in [0.5, 0.6) is 5.88 Å². The van der Waals surface area contributed by atoms with E-state index in [1.807, 2.05) is 0 Å². The first-order chi connectivity index (χ1) is 17.9. The standard InChI is InChI=1S/C25H22FN5O6/c1-13-8-6-7-11-15(13)24(33)37-25-18(35-23(32)14-9-4-3-5-10-14)17(26)22(36-25)31-20-16(21(30-31)34-2)19(27)28-12-29-20/h3-12,17-18,22,25H,1-2H3,(H2,27,28,29)/t17-,18-,22+,25+/m0/s1. The minimum atomic E-state index is -2.01. The first-order valence-electron chi connectivity index (χ1n) is 11.2. The summed E-state index contributed by atoms with van der Waals surface area (Å²) in [7, 11) is 1.36. The van der Waals surface area contributed by atoms with Crippen molar-refractivity contribution in [1.82, 2.24) is 19.7 Å². The molecule has 190 valence electrons. The molecule has 1 fully saturated rings. The van der Waals surface area contributed by atoms with E-state index in [-0.39, 0.29) is 33.9 Å². The fourth-order valence-electron chi connectivity index (χ4n) is 4.03. The van der Waals surface area contributed by atoms with E-state index >= 15 is 4.39 Å². The number of esters is 2. The van der Waals surface area contributed by atoms with E-state index in [0.717, 1.165) is 4.68 Å². The van der Waals surface area contributed by atoms with E-state index in [1.54, 1.807) is 49.4 Å². The topological polar surface area (TPSA) is 141 Å². The molecule has 0 radical (unpaired) electrons. The number of nitrogens with zero attached hydrogens (tertiary/aromatic N) is 4. The number of halogens is 1. The van der Waals surface area contributed by atoms with Crippen LogP contribution in [0.1, 0.15) is 32.5 Å². The second kappa shape index (κ2) is 9.82. The van der Waals surface area contributed by atoms with Crippen LogP contribution in [0.15, 0.2) is 60.9 Å². The summed E-state index contributed by atoms with van der Waals surface area (Å²) in [5.41, 5.74) is 7.16. The van der Waals surface area contributed by atoms with Gasteiger partial charge in [-0.1, -0.05) is 36.4 Å². The van der Waals surface area contributed by atoms with E-state index in [2.05, 4.69) is 15.1 Å². The fourth-order valence-corrected chi connectivity index (χ4v) is 4.03. The number of anilines is 1. The number of nitrogens with two attached hydrogens (primary N) is 1. The Hall–Kier alpha value is -4.58. The minimum absolute atomic E-state index is 0.0436. The van der Waals surface area contributed by atoms with Crippen LogP contribution in [0.4, 0.5) is 10.2 Å². The Bertz CT molecular complexity index is 1460. The summed E-state index contributed by atoms with van der Waals surface area (Å²) < 4.78 is 39.1. The molecule has 0 aliphatic carbocycles. The molecule has 4 aromatic rings. The number of carbonyl (C=O) groups is 2. The zero-order chi connectivity index (χ0) is 26.1. The van der Waals surface area contributed by atoms with Crippen molar-refractivity contribution in [3.05, 3.63) is 77.6 Å². The smallest absolute Gasteiger partial charge is 0.340 e. The van der Waals surface area contributed by atoms with E-state index < -0.39 is 36.7 Å². The predicted molar refractivity (Wildman–Crippen MR) is 127 cm³/mol. The Morgan fingerprint density at radius 1 is 1.03 bits per heavy atom. The van der Waals surface area contributed by atoms with Crippen molar-refractivity contribution in [2.45, 2.75) is 31.7 Å². The van der Waals surface area contributed by atoms with Crippen molar-refractivity contribution in [3.8, 4) is 5.88 Å². The number of rotatable bonds is 6. The summed E-state index contributed by atoms with van der Waals surface area (Å²) in [5.74, 6) is -1.48. The number of benzene rings is 2. The first-order valence-corrected chi connectivity index (χ1v) is 11.2. The van der Waals surface area contributed by atoms with Crippen LogP contribution in [0.2, 0.25) is 0 Å². The average molecular weight is 507 g/mol. The van der Waals surface area contributed by atoms with Gasteiger partial charge in [0.15, 0.2) is 24.2 Å². The molecule has 0 unspecified atom stereocenters. The molecule has 12 heteroatoms. The Labute approximate surface area is 209 Å². The first kappa shape index (κ1) is 24.1. The Morgan fingerprint density at radius 2 is 1.76 bits per heavy atom. The van der Waals surface area contributed by atoms with Gasteiger partial charge in [0, 0.05) is 0 Å². The van der Waals surface area contributed by atoms with Gasteiger partial charge in [-0.3, -0.25) is 0 Å². The molecular weight excluding hydrogens is 485 g/mol. The van der Waals surface area contributed by atoms with Gasteiger partial charge < -0.3 is 24.7 Å². The van der Waals surface area contributed by atoms with Crippen LogP contribution in [-0.4, -0.2) is 57.4 Å². The number of carbonyl (C=O) groups excluding carboxylic acids is 2. The lowest BCUT2D eigenvalue weighted by atomic mass is 10.1. The molecule has 1 aliphatic heterocycles. The summed E-state index contributed by atoms with van der Waals surface area (Å²) >= 11 is 0. The number of methoxy groups -OCH3 is 1. The third-order valence-electron chi connectivity index (χ3n) is 5.89. The molecule has 0 amide bonds. The van der Waals surface area contributed by atoms with Crippen molar-refractivity contribution in [2.24, 2.45) is 0 Å². The molecule has 0 saturated carbocycles. The normalized spacial score (nSPS) is 21.1. The zero-order valence-corrected chi connectivity index (χ0v) is 19.8. The third-order valence-corrected chi connectivity index (χ3v) is 5.89. The molecule has 5 rings (SSSR count). The van der Waals surface area contributed by atoms with E-state index in [4.69, 9.17) is 24.7 Å². The summed E-state index contributed by atoms with van der Waals surface area (Å²) in [6.45, 7) is 1.73. The quantitative estimate of drug-likeness (QED) is 0.387. The largest absolute Gasteiger partial charge is 0.479 e. The summed E-state index contributed by atoms with van der Waals surface area (Å²) in [4.78, 5) is 33.8. The highest BCUT2D eigenvalue weighted by atomic mass is 19.1. The van der Waals surface area contributed by atoms with Crippen molar-refractivity contribution >= 4 is 28.8 Å². The highest BCUT2D eigenvalue weighted by Crippen LogP contribution is 2.39. The maximum absolute atomic E-state index is 16.0. The van der Waals surface area contributed by atoms with Crippen LogP contribution >= 0.6 is 0 Å². The van der Waals surface area contributed by atoms with Crippen molar-refractivity contribution in [2.75, 3.05) is 12.8 Å². The molecule has 4 atom stereocenters. The lowest BCUT2D eigenvalue weighted by molar-refractivity contribution is -0.149. The molecule has 2 N–H and O–H groups in total. The van der Waals surface area contributed by atoms with Gasteiger partial charge in [0.25, 0.3) is 0 Å². The maximum atomic E-state index is 16.0. The van der Waals surface area contributed by atoms with Gasteiger partial charge in [-0.05, 0) is 30.7 Å². The van der Waals surface area contributed by atoms with Gasteiger partial charge >= 0.3 is 11.9 Å². The molecular formula is C25H22FN5O6. The van der Waals surface area contributed by atoms with Gasteiger partial charge in [-0.15, -0.1) is 5.10 Å². The van der Waals surface area contributed by atoms with E-state index in [0.29, 0.717) is 5.56 Å². The van der Waals surface area contributed by atoms with E-state index in [1.165, 1.54) is 25.6 Å². The number of aromatic nitrogens is 4. The number of hydrogen-bond acceptors (Lipinski definition) is 10. The fraction of sp³-hybridized carbons (Fsp3) is 0.240. The summed E-state index contributed by atoms with van der Waals surface area (Å²) in [6.07, 6.45) is -5.53. The highest BCUT2D eigenvalue weighted by Gasteiger charge is 2.52. The lowest BCUT2D eigenvalue weighted by Gasteiger charge is -2.20. The van der Waals surface area contributed by atoms with E-state index in [9.17, 15) is 9.59 Å². The average Bonchev–Trinajstić information content (AvgIpc) is 3.43. The van der Waals surface area contributed by atoms with Crippen molar-refractivity contribution < 1.29 is 32.9 Å².